The average Bonchev–Trinajstić information content (AvgIpc) is 3.15. The first-order chi connectivity index (χ1) is 12.3. The van der Waals surface area contributed by atoms with Gasteiger partial charge in [-0.2, -0.15) is 4.98 Å². The number of nitrogens with one attached hydrogen (secondary N) is 1. The maximum absolute atomic E-state index is 12.3. The summed E-state index contributed by atoms with van der Waals surface area (Å²) < 4.78 is 5.29. The van der Waals surface area contributed by atoms with Crippen LogP contribution in [-0.2, 0) is 6.54 Å². The van der Waals surface area contributed by atoms with Crippen molar-refractivity contribution in [2.24, 2.45) is 0 Å². The minimum atomic E-state index is -0.164. The molecule has 25 heavy (non-hydrogen) atoms. The Morgan fingerprint density at radius 2 is 2.08 bits per heavy atom. The van der Waals surface area contributed by atoms with Gasteiger partial charge in [-0.1, -0.05) is 30.5 Å². The molecule has 0 unspecified atom stereocenters. The molecule has 1 N–H and O–H groups in total. The van der Waals surface area contributed by atoms with E-state index < -0.39 is 0 Å². The molecule has 1 saturated carbocycles. The fourth-order valence-corrected chi connectivity index (χ4v) is 3.34. The molecule has 1 aromatic carbocycles. The first-order valence-corrected chi connectivity index (χ1v) is 8.75. The van der Waals surface area contributed by atoms with Crippen LogP contribution < -0.4 is 5.32 Å². The molecule has 1 aliphatic rings. The molecular formula is C19H20N4O2. The van der Waals surface area contributed by atoms with Gasteiger partial charge < -0.3 is 9.84 Å². The van der Waals surface area contributed by atoms with Crippen molar-refractivity contribution in [2.75, 3.05) is 0 Å². The summed E-state index contributed by atoms with van der Waals surface area (Å²) in [4.78, 5) is 21.1. The summed E-state index contributed by atoms with van der Waals surface area (Å²) in [7, 11) is 0. The van der Waals surface area contributed by atoms with Crippen LogP contribution >= 0.6 is 0 Å². The SMILES string of the molecule is O=C(NCc1nc(C2CCCCC2)no1)c1ccc2ncccc2c1. The Labute approximate surface area is 145 Å². The largest absolute Gasteiger partial charge is 0.343 e. The number of aromatic nitrogens is 3. The Bertz CT molecular complexity index is 884. The third-order valence-corrected chi connectivity index (χ3v) is 4.72. The lowest BCUT2D eigenvalue weighted by Crippen LogP contribution is -2.23. The lowest BCUT2D eigenvalue weighted by atomic mass is 9.89. The second-order valence-corrected chi connectivity index (χ2v) is 6.47. The van der Waals surface area contributed by atoms with Crippen LogP contribution in [0.4, 0.5) is 0 Å². The third kappa shape index (κ3) is 3.52. The number of amides is 1. The molecule has 4 rings (SSSR count). The van der Waals surface area contributed by atoms with E-state index in [9.17, 15) is 4.79 Å². The van der Waals surface area contributed by atoms with Crippen molar-refractivity contribution in [3.63, 3.8) is 0 Å². The zero-order valence-electron chi connectivity index (χ0n) is 13.9. The summed E-state index contributed by atoms with van der Waals surface area (Å²) in [5.74, 6) is 1.47. The topological polar surface area (TPSA) is 80.9 Å². The van der Waals surface area contributed by atoms with Gasteiger partial charge in [0.1, 0.15) is 0 Å². The minimum Gasteiger partial charge on any atom is -0.343 e. The summed E-state index contributed by atoms with van der Waals surface area (Å²) in [6.07, 6.45) is 7.72. The van der Waals surface area contributed by atoms with Crippen LogP contribution in [0, 0.1) is 0 Å². The molecule has 3 aromatic rings. The monoisotopic (exact) mass is 336 g/mol. The van der Waals surface area contributed by atoms with E-state index in [-0.39, 0.29) is 12.5 Å². The Balaban J connectivity index is 1.40. The second-order valence-electron chi connectivity index (χ2n) is 6.47. The third-order valence-electron chi connectivity index (χ3n) is 4.72. The highest BCUT2D eigenvalue weighted by Crippen LogP contribution is 2.30. The van der Waals surface area contributed by atoms with Gasteiger partial charge in [-0.05, 0) is 37.1 Å². The Kier molecular flexibility index (Phi) is 4.41. The van der Waals surface area contributed by atoms with Crippen LogP contribution in [0.2, 0.25) is 0 Å². The van der Waals surface area contributed by atoms with E-state index >= 15 is 0 Å². The normalized spacial score (nSPS) is 15.4. The van der Waals surface area contributed by atoms with Crippen LogP contribution in [0.3, 0.4) is 0 Å². The molecule has 0 atom stereocenters. The summed E-state index contributed by atoms with van der Waals surface area (Å²) in [6.45, 7) is 0.240. The number of nitrogens with zero attached hydrogens (tertiary/aromatic N) is 3. The van der Waals surface area contributed by atoms with Crippen LogP contribution in [0.15, 0.2) is 41.1 Å². The van der Waals surface area contributed by atoms with Crippen molar-refractivity contribution in [1.29, 1.82) is 0 Å². The molecule has 0 bridgehead atoms. The van der Waals surface area contributed by atoms with Crippen LogP contribution in [0.25, 0.3) is 10.9 Å². The van der Waals surface area contributed by atoms with Gasteiger partial charge in [0, 0.05) is 23.1 Å². The van der Waals surface area contributed by atoms with Gasteiger partial charge >= 0.3 is 0 Å². The number of rotatable bonds is 4. The first-order valence-electron chi connectivity index (χ1n) is 8.75. The summed E-state index contributed by atoms with van der Waals surface area (Å²) >= 11 is 0. The quantitative estimate of drug-likeness (QED) is 0.787. The van der Waals surface area contributed by atoms with Gasteiger partial charge in [-0.3, -0.25) is 9.78 Å². The molecule has 0 aliphatic heterocycles. The van der Waals surface area contributed by atoms with Gasteiger partial charge in [0.15, 0.2) is 5.82 Å². The standard InChI is InChI=1S/C19H20N4O2/c24-19(15-8-9-16-14(11-15)7-4-10-20-16)21-12-17-22-18(23-25-17)13-5-2-1-3-6-13/h4,7-11,13H,1-3,5-6,12H2,(H,21,24). The maximum Gasteiger partial charge on any atom is 0.251 e. The predicted molar refractivity (Wildman–Crippen MR) is 93.0 cm³/mol. The van der Waals surface area contributed by atoms with Crippen molar-refractivity contribution in [1.82, 2.24) is 20.4 Å². The van der Waals surface area contributed by atoms with E-state index in [2.05, 4.69) is 20.4 Å². The van der Waals surface area contributed by atoms with E-state index in [1.165, 1.54) is 19.3 Å². The Morgan fingerprint density at radius 1 is 1.20 bits per heavy atom. The molecule has 1 aliphatic carbocycles. The molecule has 6 heteroatoms. The van der Waals surface area contributed by atoms with Gasteiger partial charge in [-0.15, -0.1) is 0 Å². The van der Waals surface area contributed by atoms with Crippen molar-refractivity contribution in [3.05, 3.63) is 53.8 Å². The zero-order chi connectivity index (χ0) is 17.1. The molecule has 0 radical (unpaired) electrons. The molecule has 1 fully saturated rings. The maximum atomic E-state index is 12.3. The van der Waals surface area contributed by atoms with E-state index in [0.29, 0.717) is 17.4 Å². The fourth-order valence-electron chi connectivity index (χ4n) is 3.34. The fraction of sp³-hybridized carbons (Fsp3) is 0.368. The van der Waals surface area contributed by atoms with Gasteiger partial charge in [0.25, 0.3) is 5.91 Å². The molecule has 1 amide bonds. The van der Waals surface area contributed by atoms with Gasteiger partial charge in [0.2, 0.25) is 5.89 Å². The van der Waals surface area contributed by atoms with Crippen molar-refractivity contribution in [3.8, 4) is 0 Å². The van der Waals surface area contributed by atoms with Crippen molar-refractivity contribution in [2.45, 2.75) is 44.6 Å². The molecule has 6 nitrogen and oxygen atoms in total. The highest BCUT2D eigenvalue weighted by atomic mass is 16.5. The minimum absolute atomic E-state index is 0.164. The van der Waals surface area contributed by atoms with Crippen molar-refractivity contribution >= 4 is 16.8 Å². The van der Waals surface area contributed by atoms with Gasteiger partial charge in [-0.25, -0.2) is 0 Å². The average molecular weight is 336 g/mol. The van der Waals surface area contributed by atoms with E-state index in [1.807, 2.05) is 24.3 Å². The van der Waals surface area contributed by atoms with Crippen LogP contribution in [0.1, 0.15) is 60.1 Å². The molecule has 128 valence electrons. The lowest BCUT2D eigenvalue weighted by molar-refractivity contribution is 0.0946. The van der Waals surface area contributed by atoms with E-state index in [0.717, 1.165) is 29.6 Å². The number of benzene rings is 1. The summed E-state index contributed by atoms with van der Waals surface area (Å²) in [5.41, 5.74) is 1.46. The number of hydrogen-bond donors (Lipinski definition) is 1. The molecule has 0 spiro atoms. The lowest BCUT2D eigenvalue weighted by Gasteiger charge is -2.17. The Morgan fingerprint density at radius 3 is 2.96 bits per heavy atom. The predicted octanol–water partition coefficient (Wildman–Crippen LogP) is 3.60. The summed E-state index contributed by atoms with van der Waals surface area (Å²) in [6, 6.07) is 9.24. The van der Waals surface area contributed by atoms with Crippen molar-refractivity contribution < 1.29 is 9.32 Å². The van der Waals surface area contributed by atoms with E-state index in [4.69, 9.17) is 4.52 Å². The van der Waals surface area contributed by atoms with Gasteiger partial charge in [0.05, 0.1) is 12.1 Å². The highest BCUT2D eigenvalue weighted by molar-refractivity contribution is 5.97. The van der Waals surface area contributed by atoms with Crippen LogP contribution in [-0.4, -0.2) is 21.0 Å². The summed E-state index contributed by atoms with van der Waals surface area (Å²) in [5, 5.41) is 7.86. The highest BCUT2D eigenvalue weighted by Gasteiger charge is 2.21. The first kappa shape index (κ1) is 15.7. The smallest absolute Gasteiger partial charge is 0.251 e. The molecular weight excluding hydrogens is 316 g/mol. The number of fused-ring (bicyclic) bond motifs is 1. The number of hydrogen-bond acceptors (Lipinski definition) is 5. The Hall–Kier alpha value is -2.76. The number of carbonyl (C=O) groups excluding carboxylic acids is 1. The number of carbonyl (C=O) groups is 1. The molecule has 2 aromatic heterocycles. The zero-order valence-corrected chi connectivity index (χ0v) is 13.9. The molecule has 0 saturated heterocycles. The van der Waals surface area contributed by atoms with Crippen LogP contribution in [0.5, 0.6) is 0 Å². The number of pyridine rings is 1. The second kappa shape index (κ2) is 7.01. The molecule has 2 heterocycles. The van der Waals surface area contributed by atoms with E-state index in [1.54, 1.807) is 12.3 Å².